The molecular formula is C30H54N6O8S. The molecule has 1 heterocycles. The first-order valence-electron chi connectivity index (χ1n) is 15.4. The van der Waals surface area contributed by atoms with Crippen LogP contribution in [-0.4, -0.2) is 89.9 Å². The summed E-state index contributed by atoms with van der Waals surface area (Å²) in [5.74, 6) is -2.89. The molecule has 1 rings (SSSR count). The summed E-state index contributed by atoms with van der Waals surface area (Å²) in [6.45, 7) is 16.7. The maximum atomic E-state index is 13.3. The number of amides is 4. The summed E-state index contributed by atoms with van der Waals surface area (Å²) in [4.78, 5) is 51.6. The van der Waals surface area contributed by atoms with E-state index < -0.39 is 63.6 Å². The van der Waals surface area contributed by atoms with Crippen molar-refractivity contribution in [2.75, 3.05) is 18.6 Å². The van der Waals surface area contributed by atoms with Gasteiger partial charge in [-0.25, -0.2) is 17.9 Å². The number of rotatable bonds is 18. The average Bonchev–Trinajstić information content (AvgIpc) is 3.23. The van der Waals surface area contributed by atoms with Crippen LogP contribution in [0.4, 0.5) is 4.79 Å². The maximum Gasteiger partial charge on any atom is 0.409 e. The molecule has 0 saturated carbocycles. The van der Waals surface area contributed by atoms with E-state index in [9.17, 15) is 32.7 Å². The summed E-state index contributed by atoms with van der Waals surface area (Å²) < 4.78 is 30.8. The Bertz CT molecular complexity index is 1250. The second-order valence-electron chi connectivity index (χ2n) is 13.1. The zero-order chi connectivity index (χ0) is 34.6. The van der Waals surface area contributed by atoms with Crippen LogP contribution in [0.2, 0.25) is 0 Å². The molecule has 258 valence electrons. The van der Waals surface area contributed by atoms with Gasteiger partial charge in [0.25, 0.3) is 0 Å². The number of hydrogen-bond donors (Lipinski definition) is 5. The summed E-state index contributed by atoms with van der Waals surface area (Å²) in [6, 6.07) is -1.34. The Kier molecular flexibility index (Phi) is 16.0. The molecule has 1 aromatic rings. The monoisotopic (exact) mass is 658 g/mol. The van der Waals surface area contributed by atoms with Gasteiger partial charge in [-0.05, 0) is 50.5 Å². The fraction of sp³-hybridized carbons (Fsp3) is 0.767. The van der Waals surface area contributed by atoms with E-state index in [-0.39, 0.29) is 36.8 Å². The minimum absolute atomic E-state index is 0.0103. The highest BCUT2D eigenvalue weighted by Crippen LogP contribution is 2.17. The molecule has 4 amide bonds. The number of carbonyl (C=O) groups excluding carboxylic acids is 4. The summed E-state index contributed by atoms with van der Waals surface area (Å²) in [7, 11) is -3.73. The Morgan fingerprint density at radius 1 is 0.911 bits per heavy atom. The normalized spacial score (nSPS) is 15.2. The van der Waals surface area contributed by atoms with Gasteiger partial charge in [-0.2, -0.15) is 5.10 Å². The van der Waals surface area contributed by atoms with Crippen LogP contribution in [0.5, 0.6) is 0 Å². The second kappa shape index (κ2) is 18.1. The molecule has 14 nitrogen and oxygen atoms in total. The predicted octanol–water partition coefficient (Wildman–Crippen LogP) is 1.43. The van der Waals surface area contributed by atoms with Crippen LogP contribution < -0.4 is 21.3 Å². The van der Waals surface area contributed by atoms with E-state index in [1.165, 1.54) is 4.68 Å². The molecule has 45 heavy (non-hydrogen) atoms. The highest BCUT2D eigenvalue weighted by Gasteiger charge is 2.33. The van der Waals surface area contributed by atoms with E-state index in [2.05, 4.69) is 26.4 Å². The number of nitrogens with zero attached hydrogens (tertiary/aromatic N) is 2. The topological polar surface area (TPSA) is 198 Å². The van der Waals surface area contributed by atoms with Crippen LogP contribution in [0.15, 0.2) is 6.07 Å². The van der Waals surface area contributed by atoms with Gasteiger partial charge < -0.3 is 31.1 Å². The van der Waals surface area contributed by atoms with Gasteiger partial charge >= 0.3 is 6.09 Å². The lowest BCUT2D eigenvalue weighted by Crippen LogP contribution is -2.55. The minimum Gasteiger partial charge on any atom is -0.426 e. The Morgan fingerprint density at radius 2 is 1.53 bits per heavy atom. The predicted molar refractivity (Wildman–Crippen MR) is 171 cm³/mol. The van der Waals surface area contributed by atoms with Gasteiger partial charge in [0.05, 0.1) is 23.6 Å². The molecule has 5 N–H and O–H groups in total. The highest BCUT2D eigenvalue weighted by atomic mass is 32.2. The molecule has 1 unspecified atom stereocenters. The number of hydrogen-bond acceptors (Lipinski definition) is 9. The van der Waals surface area contributed by atoms with Crippen LogP contribution in [0.3, 0.4) is 0 Å². The van der Waals surface area contributed by atoms with E-state index in [4.69, 9.17) is 4.74 Å². The number of alkyl carbamates (subject to hydrolysis) is 1. The lowest BCUT2D eigenvalue weighted by Gasteiger charge is -2.30. The molecule has 0 saturated heterocycles. The fourth-order valence-electron chi connectivity index (χ4n) is 4.58. The third-order valence-corrected chi connectivity index (χ3v) is 7.93. The van der Waals surface area contributed by atoms with Crippen molar-refractivity contribution in [2.45, 2.75) is 106 Å². The number of aryl methyl sites for hydroxylation is 2. The summed E-state index contributed by atoms with van der Waals surface area (Å²) in [6.07, 6.45) is -1.01. The summed E-state index contributed by atoms with van der Waals surface area (Å²) in [5, 5.41) is 25.9. The van der Waals surface area contributed by atoms with Gasteiger partial charge in [0.1, 0.15) is 21.9 Å². The zero-order valence-electron chi connectivity index (χ0n) is 28.3. The number of ether oxygens (including phenoxy) is 1. The summed E-state index contributed by atoms with van der Waals surface area (Å²) in [5.41, 5.74) is 1.47. The third kappa shape index (κ3) is 15.1. The Hall–Kier alpha value is -3.20. The Morgan fingerprint density at radius 3 is 2.02 bits per heavy atom. The van der Waals surface area contributed by atoms with Crippen molar-refractivity contribution in [2.24, 2.45) is 23.7 Å². The minimum atomic E-state index is -3.73. The SMILES string of the molecule is Cc1cc(C)n(COC(=O)N[C@@H](CS(C)(=O)=O)C(=O)N[C@@H](CC(C)C)[C@@H](O)C[C@@H](C)C(=O)NC(C(=O)NCC(C)C)C(C)C)n1. The molecule has 0 aliphatic heterocycles. The van der Waals surface area contributed by atoms with Crippen molar-refractivity contribution in [3.8, 4) is 0 Å². The van der Waals surface area contributed by atoms with Crippen molar-refractivity contribution in [3.63, 3.8) is 0 Å². The van der Waals surface area contributed by atoms with Gasteiger partial charge in [-0.1, -0.05) is 48.5 Å². The van der Waals surface area contributed by atoms with E-state index in [0.29, 0.717) is 13.0 Å². The standard InChI is InChI=1S/C30H54N6O8S/c1-17(2)11-23(25(37)12-20(7)27(38)34-26(19(5)6)29(40)31-14-18(3)4)32-28(39)24(15-45(10,42)43)33-30(41)44-16-36-22(9)13-21(8)35-36/h13,17-20,23-26,37H,11-12,14-16H2,1-10H3,(H,31,40)(H,32,39)(H,33,41)(H,34,38)/t20-,23+,24+,25+,26?/m1/s1. The van der Waals surface area contributed by atoms with E-state index >= 15 is 0 Å². The first kappa shape index (κ1) is 39.8. The lowest BCUT2D eigenvalue weighted by molar-refractivity contribution is -0.132. The fourth-order valence-corrected chi connectivity index (χ4v) is 5.42. The van der Waals surface area contributed by atoms with Gasteiger partial charge in [0, 0.05) is 24.4 Å². The van der Waals surface area contributed by atoms with Crippen molar-refractivity contribution < 1.29 is 37.4 Å². The number of sulfone groups is 1. The molecule has 5 atom stereocenters. The lowest BCUT2D eigenvalue weighted by atomic mass is 9.91. The zero-order valence-corrected chi connectivity index (χ0v) is 29.2. The van der Waals surface area contributed by atoms with E-state index in [0.717, 1.165) is 17.6 Å². The molecular weight excluding hydrogens is 604 g/mol. The molecule has 0 aromatic carbocycles. The van der Waals surface area contributed by atoms with Crippen molar-refractivity contribution in [3.05, 3.63) is 17.5 Å². The average molecular weight is 659 g/mol. The van der Waals surface area contributed by atoms with Crippen molar-refractivity contribution >= 4 is 33.7 Å². The third-order valence-electron chi connectivity index (χ3n) is 6.99. The molecule has 0 bridgehead atoms. The van der Waals surface area contributed by atoms with Gasteiger partial charge in [-0.3, -0.25) is 14.4 Å². The number of aliphatic hydroxyl groups excluding tert-OH is 1. The first-order valence-corrected chi connectivity index (χ1v) is 17.4. The maximum absolute atomic E-state index is 13.3. The summed E-state index contributed by atoms with van der Waals surface area (Å²) >= 11 is 0. The van der Waals surface area contributed by atoms with Crippen LogP contribution in [0, 0.1) is 37.5 Å². The molecule has 15 heteroatoms. The molecule has 0 fully saturated rings. The molecule has 0 radical (unpaired) electrons. The van der Waals surface area contributed by atoms with Gasteiger partial charge in [0.15, 0.2) is 6.73 Å². The first-order chi connectivity index (χ1) is 20.7. The van der Waals surface area contributed by atoms with Crippen LogP contribution in [0.25, 0.3) is 0 Å². The largest absolute Gasteiger partial charge is 0.426 e. The molecule has 0 aliphatic carbocycles. The van der Waals surface area contributed by atoms with E-state index in [1.54, 1.807) is 26.8 Å². The van der Waals surface area contributed by atoms with Crippen molar-refractivity contribution in [1.82, 2.24) is 31.0 Å². The second-order valence-corrected chi connectivity index (χ2v) is 15.3. The number of aromatic nitrogens is 2. The van der Waals surface area contributed by atoms with Crippen LogP contribution >= 0.6 is 0 Å². The van der Waals surface area contributed by atoms with Gasteiger partial charge in [0.2, 0.25) is 17.7 Å². The van der Waals surface area contributed by atoms with Crippen LogP contribution in [-0.2, 0) is 35.7 Å². The van der Waals surface area contributed by atoms with Crippen molar-refractivity contribution in [1.29, 1.82) is 0 Å². The van der Waals surface area contributed by atoms with E-state index in [1.807, 2.05) is 41.5 Å². The van der Waals surface area contributed by atoms with Gasteiger partial charge in [-0.15, -0.1) is 0 Å². The highest BCUT2D eigenvalue weighted by molar-refractivity contribution is 7.90. The molecule has 0 aliphatic rings. The Labute approximate surface area is 267 Å². The quantitative estimate of drug-likeness (QED) is 0.155. The molecule has 0 spiro atoms. The number of aliphatic hydroxyl groups is 1. The molecule has 1 aromatic heterocycles. The number of carbonyl (C=O) groups is 4. The Balaban J connectivity index is 2.98. The smallest absolute Gasteiger partial charge is 0.409 e. The van der Waals surface area contributed by atoms with Crippen LogP contribution in [0.1, 0.15) is 72.7 Å². The number of nitrogens with one attached hydrogen (secondary N) is 4.